The Hall–Kier alpha value is -2.87. The van der Waals surface area contributed by atoms with Crippen molar-refractivity contribution in [2.75, 3.05) is 31.1 Å². The number of nitriles is 1. The van der Waals surface area contributed by atoms with Gasteiger partial charge in [0.15, 0.2) is 0 Å². The SMILES string of the molecule is N#Cc1ccc(C(=O)N2CCN(c3cccc[nH+]3)CC2)cc1. The number of rotatable bonds is 2. The maximum atomic E-state index is 12.5. The van der Waals surface area contributed by atoms with Gasteiger partial charge < -0.3 is 4.90 Å². The fraction of sp³-hybridized carbons (Fsp3) is 0.235. The van der Waals surface area contributed by atoms with Crippen molar-refractivity contribution in [3.8, 4) is 6.07 Å². The summed E-state index contributed by atoms with van der Waals surface area (Å²) in [4.78, 5) is 19.8. The van der Waals surface area contributed by atoms with Crippen molar-refractivity contribution in [1.82, 2.24) is 4.90 Å². The third-order valence-electron chi connectivity index (χ3n) is 3.86. The number of carbonyl (C=O) groups excluding carboxylic acids is 1. The molecule has 5 nitrogen and oxygen atoms in total. The van der Waals surface area contributed by atoms with E-state index in [9.17, 15) is 4.79 Å². The van der Waals surface area contributed by atoms with E-state index in [0.717, 1.165) is 18.9 Å². The second-order valence-corrected chi connectivity index (χ2v) is 5.22. The Kier molecular flexibility index (Phi) is 4.01. The zero-order valence-corrected chi connectivity index (χ0v) is 12.2. The lowest BCUT2D eigenvalue weighted by molar-refractivity contribution is -0.364. The highest BCUT2D eigenvalue weighted by Crippen LogP contribution is 2.13. The number of nitrogens with one attached hydrogen (secondary N) is 1. The van der Waals surface area contributed by atoms with Crippen LogP contribution in [0.15, 0.2) is 48.7 Å². The van der Waals surface area contributed by atoms with Crippen molar-refractivity contribution in [2.45, 2.75) is 0 Å². The molecule has 1 amide bonds. The van der Waals surface area contributed by atoms with E-state index in [0.29, 0.717) is 24.2 Å². The van der Waals surface area contributed by atoms with E-state index in [-0.39, 0.29) is 5.91 Å². The standard InChI is InChI=1S/C17H16N4O/c18-13-14-4-6-15(7-5-14)17(22)21-11-9-20(10-12-21)16-3-1-2-8-19-16/h1-8H,9-12H2/p+1. The molecule has 1 aromatic heterocycles. The van der Waals surface area contributed by atoms with Gasteiger partial charge >= 0.3 is 0 Å². The van der Waals surface area contributed by atoms with E-state index in [1.807, 2.05) is 29.3 Å². The lowest BCUT2D eigenvalue weighted by atomic mass is 10.1. The number of amides is 1. The molecule has 1 aromatic carbocycles. The van der Waals surface area contributed by atoms with Crippen molar-refractivity contribution in [3.63, 3.8) is 0 Å². The van der Waals surface area contributed by atoms with Crippen LogP contribution in [0.25, 0.3) is 0 Å². The lowest BCUT2D eigenvalue weighted by Crippen LogP contribution is -2.50. The Balaban J connectivity index is 1.63. The van der Waals surface area contributed by atoms with Crippen molar-refractivity contribution < 1.29 is 9.78 Å². The molecule has 0 atom stereocenters. The summed E-state index contributed by atoms with van der Waals surface area (Å²) in [6.45, 7) is 3.01. The molecule has 0 unspecified atom stereocenters. The summed E-state index contributed by atoms with van der Waals surface area (Å²) in [6, 6.07) is 14.9. The minimum Gasteiger partial charge on any atom is -0.331 e. The number of aromatic amines is 1. The summed E-state index contributed by atoms with van der Waals surface area (Å²) in [6.07, 6.45) is 1.91. The van der Waals surface area contributed by atoms with Crippen LogP contribution < -0.4 is 9.88 Å². The van der Waals surface area contributed by atoms with Gasteiger partial charge in [-0.15, -0.1) is 0 Å². The maximum absolute atomic E-state index is 12.5. The zero-order chi connectivity index (χ0) is 15.4. The number of aromatic nitrogens is 1. The molecule has 5 heteroatoms. The highest BCUT2D eigenvalue weighted by molar-refractivity contribution is 5.94. The van der Waals surface area contributed by atoms with Gasteiger partial charge in [0.25, 0.3) is 11.7 Å². The van der Waals surface area contributed by atoms with Crippen LogP contribution in [-0.4, -0.2) is 37.0 Å². The predicted molar refractivity (Wildman–Crippen MR) is 82.3 cm³/mol. The summed E-state index contributed by atoms with van der Waals surface area (Å²) in [5.41, 5.74) is 1.21. The number of hydrogen-bond acceptors (Lipinski definition) is 3. The Bertz CT molecular complexity index is 683. The topological polar surface area (TPSA) is 61.5 Å². The fourth-order valence-electron chi connectivity index (χ4n) is 2.60. The Labute approximate surface area is 129 Å². The van der Waals surface area contributed by atoms with Gasteiger partial charge in [0, 0.05) is 11.6 Å². The average molecular weight is 293 g/mol. The molecule has 0 saturated carbocycles. The summed E-state index contributed by atoms with van der Waals surface area (Å²) in [5, 5.41) is 8.80. The molecular formula is C17H17N4O+. The molecule has 1 N–H and O–H groups in total. The minimum absolute atomic E-state index is 0.0289. The van der Waals surface area contributed by atoms with Crippen LogP contribution in [0.5, 0.6) is 0 Å². The smallest absolute Gasteiger partial charge is 0.274 e. The number of pyridine rings is 1. The summed E-state index contributed by atoms with van der Waals surface area (Å²) < 4.78 is 0. The van der Waals surface area contributed by atoms with Crippen LogP contribution >= 0.6 is 0 Å². The predicted octanol–water partition coefficient (Wildman–Crippen LogP) is 1.33. The first-order valence-corrected chi connectivity index (χ1v) is 7.29. The van der Waals surface area contributed by atoms with E-state index in [2.05, 4.69) is 16.0 Å². The zero-order valence-electron chi connectivity index (χ0n) is 12.2. The molecule has 0 radical (unpaired) electrons. The van der Waals surface area contributed by atoms with Gasteiger partial charge in [0.2, 0.25) is 0 Å². The first-order chi connectivity index (χ1) is 10.8. The first kappa shape index (κ1) is 14.1. The fourth-order valence-corrected chi connectivity index (χ4v) is 2.60. The monoisotopic (exact) mass is 293 g/mol. The molecule has 2 heterocycles. The average Bonchev–Trinajstić information content (AvgIpc) is 2.62. The molecular weight excluding hydrogens is 276 g/mol. The van der Waals surface area contributed by atoms with E-state index >= 15 is 0 Å². The van der Waals surface area contributed by atoms with E-state index < -0.39 is 0 Å². The molecule has 0 aliphatic carbocycles. The summed E-state index contributed by atoms with van der Waals surface area (Å²) >= 11 is 0. The van der Waals surface area contributed by atoms with Gasteiger partial charge in [-0.2, -0.15) is 5.26 Å². The molecule has 1 saturated heterocycles. The van der Waals surface area contributed by atoms with Gasteiger partial charge in [-0.25, -0.2) is 4.98 Å². The largest absolute Gasteiger partial charge is 0.331 e. The van der Waals surface area contributed by atoms with Gasteiger partial charge in [0.05, 0.1) is 30.9 Å². The number of H-pyrrole nitrogens is 1. The maximum Gasteiger partial charge on any atom is 0.274 e. The van der Waals surface area contributed by atoms with Crippen LogP contribution in [0, 0.1) is 11.3 Å². The molecule has 1 fully saturated rings. The van der Waals surface area contributed by atoms with Crippen LogP contribution in [0.4, 0.5) is 5.82 Å². The molecule has 0 spiro atoms. The third kappa shape index (κ3) is 2.91. The lowest BCUT2D eigenvalue weighted by Gasteiger charge is -2.31. The van der Waals surface area contributed by atoms with Crippen LogP contribution in [0.3, 0.4) is 0 Å². The van der Waals surface area contributed by atoms with E-state index in [1.54, 1.807) is 24.3 Å². The molecule has 1 aliphatic heterocycles. The molecule has 1 aliphatic rings. The minimum atomic E-state index is 0.0289. The van der Waals surface area contributed by atoms with Crippen molar-refractivity contribution in [2.24, 2.45) is 0 Å². The Morgan fingerprint density at radius 1 is 1.05 bits per heavy atom. The Morgan fingerprint density at radius 3 is 2.36 bits per heavy atom. The molecule has 110 valence electrons. The second kappa shape index (κ2) is 6.27. The van der Waals surface area contributed by atoms with Gasteiger partial charge in [0.1, 0.15) is 13.1 Å². The number of nitrogens with zero attached hydrogens (tertiary/aromatic N) is 3. The van der Waals surface area contributed by atoms with Crippen molar-refractivity contribution in [3.05, 3.63) is 59.8 Å². The number of piperazine rings is 1. The van der Waals surface area contributed by atoms with Crippen molar-refractivity contribution >= 4 is 11.7 Å². The number of carbonyl (C=O) groups is 1. The molecule has 22 heavy (non-hydrogen) atoms. The van der Waals surface area contributed by atoms with E-state index in [4.69, 9.17) is 5.26 Å². The third-order valence-corrected chi connectivity index (χ3v) is 3.86. The van der Waals surface area contributed by atoms with Crippen LogP contribution in [-0.2, 0) is 0 Å². The van der Waals surface area contributed by atoms with Crippen LogP contribution in [0.1, 0.15) is 15.9 Å². The Morgan fingerprint density at radius 2 is 1.77 bits per heavy atom. The van der Waals surface area contributed by atoms with E-state index in [1.165, 1.54) is 0 Å². The summed E-state index contributed by atoms with van der Waals surface area (Å²) in [7, 11) is 0. The van der Waals surface area contributed by atoms with Crippen LogP contribution in [0.2, 0.25) is 0 Å². The highest BCUT2D eigenvalue weighted by Gasteiger charge is 2.26. The normalized spacial score (nSPS) is 14.5. The summed E-state index contributed by atoms with van der Waals surface area (Å²) in [5.74, 6) is 1.11. The van der Waals surface area contributed by atoms with Crippen molar-refractivity contribution in [1.29, 1.82) is 5.26 Å². The number of benzene rings is 1. The second-order valence-electron chi connectivity index (χ2n) is 5.22. The van der Waals surface area contributed by atoms with Gasteiger partial charge in [-0.3, -0.25) is 9.69 Å². The highest BCUT2D eigenvalue weighted by atomic mass is 16.2. The number of hydrogen-bond donors (Lipinski definition) is 0. The van der Waals surface area contributed by atoms with Gasteiger partial charge in [-0.1, -0.05) is 6.07 Å². The molecule has 2 aromatic rings. The first-order valence-electron chi connectivity index (χ1n) is 7.29. The molecule has 0 bridgehead atoms. The number of anilines is 1. The quantitative estimate of drug-likeness (QED) is 0.839. The molecule has 3 rings (SSSR count). The van der Waals surface area contributed by atoms with Gasteiger partial charge in [-0.05, 0) is 30.3 Å².